The predicted molar refractivity (Wildman–Crippen MR) is 98.6 cm³/mol. The number of likely N-dealkylation sites (N-methyl/N-ethyl adjacent to an activating group) is 1. The molecule has 0 saturated heterocycles. The number of nitrogens with zero attached hydrogens (tertiary/aromatic N) is 1. The van der Waals surface area contributed by atoms with Gasteiger partial charge in [0, 0.05) is 36.3 Å². The van der Waals surface area contributed by atoms with Crippen LogP contribution in [0.25, 0.3) is 11.0 Å². The lowest BCUT2D eigenvalue weighted by Gasteiger charge is -2.31. The summed E-state index contributed by atoms with van der Waals surface area (Å²) in [7, 11) is 4.15. The summed E-state index contributed by atoms with van der Waals surface area (Å²) in [6, 6.07) is 5.98. The van der Waals surface area contributed by atoms with Crippen LogP contribution in [0.4, 0.5) is 5.69 Å². The van der Waals surface area contributed by atoms with Gasteiger partial charge in [-0.1, -0.05) is 6.32 Å². The highest BCUT2D eigenvalue weighted by atomic mass is 16.4. The lowest BCUT2D eigenvalue weighted by molar-refractivity contribution is 0.557. The molecule has 1 aliphatic rings. The van der Waals surface area contributed by atoms with Crippen LogP contribution in [0.3, 0.4) is 0 Å². The fourth-order valence-corrected chi connectivity index (χ4v) is 3.43. The smallest absolute Gasteiger partial charge is 0.336 e. The summed E-state index contributed by atoms with van der Waals surface area (Å²) in [4.78, 5) is 14.3. The maximum absolute atomic E-state index is 11.9. The number of nitrogens with one attached hydrogen (secondary N) is 1. The Morgan fingerprint density at radius 2 is 2.22 bits per heavy atom. The van der Waals surface area contributed by atoms with Crippen molar-refractivity contribution in [2.45, 2.75) is 32.0 Å². The monoisotopic (exact) mass is 312 g/mol. The van der Waals surface area contributed by atoms with Crippen LogP contribution in [0.1, 0.15) is 24.0 Å². The summed E-state index contributed by atoms with van der Waals surface area (Å²) in [6.07, 6.45) is 5.55. The third-order valence-electron chi connectivity index (χ3n) is 4.67. The zero-order valence-corrected chi connectivity index (χ0v) is 14.2. The van der Waals surface area contributed by atoms with E-state index >= 15 is 0 Å². The summed E-state index contributed by atoms with van der Waals surface area (Å²) in [5.41, 5.74) is 4.20. The molecule has 1 aromatic carbocycles. The number of aryl methyl sites for hydroxylation is 1. The molecule has 23 heavy (non-hydrogen) atoms. The van der Waals surface area contributed by atoms with Crippen LogP contribution < -0.4 is 15.8 Å². The Kier molecular flexibility index (Phi) is 5.06. The Balaban J connectivity index is 2.06. The maximum atomic E-state index is 11.9. The first-order valence-corrected chi connectivity index (χ1v) is 8.72. The van der Waals surface area contributed by atoms with E-state index in [0.717, 1.165) is 49.0 Å². The Hall–Kier alpha value is -1.75. The molecule has 0 amide bonds. The summed E-state index contributed by atoms with van der Waals surface area (Å²) in [5, 5.41) is 4.25. The maximum Gasteiger partial charge on any atom is 0.336 e. The van der Waals surface area contributed by atoms with Crippen molar-refractivity contribution >= 4 is 24.5 Å². The van der Waals surface area contributed by atoms with Gasteiger partial charge in [0.2, 0.25) is 0 Å². The topological polar surface area (TPSA) is 45.5 Å². The first-order valence-electron chi connectivity index (χ1n) is 8.72. The van der Waals surface area contributed by atoms with Gasteiger partial charge in [-0.25, -0.2) is 4.79 Å². The van der Waals surface area contributed by atoms with Crippen LogP contribution in [0, 0.1) is 0 Å². The summed E-state index contributed by atoms with van der Waals surface area (Å²) < 4.78 is 5.50. The number of hydrogen-bond donors (Lipinski definition) is 1. The quantitative estimate of drug-likeness (QED) is 0.652. The summed E-state index contributed by atoms with van der Waals surface area (Å²) in [5.74, 6) is 0. The average molecular weight is 312 g/mol. The lowest BCUT2D eigenvalue weighted by Crippen LogP contribution is -2.30. The van der Waals surface area contributed by atoms with Gasteiger partial charge in [-0.2, -0.15) is 0 Å². The Morgan fingerprint density at radius 1 is 1.35 bits per heavy atom. The molecule has 0 bridgehead atoms. The van der Waals surface area contributed by atoms with Crippen molar-refractivity contribution < 1.29 is 4.42 Å². The lowest BCUT2D eigenvalue weighted by atomic mass is 9.96. The van der Waals surface area contributed by atoms with Crippen molar-refractivity contribution in [3.05, 3.63) is 39.7 Å². The SMILES string of the molecule is BCCCN1CCCc2cc3c(CCNC)cc(=O)oc3cc21. The highest BCUT2D eigenvalue weighted by Gasteiger charge is 2.19. The van der Waals surface area contributed by atoms with Crippen LogP contribution in [-0.4, -0.2) is 34.5 Å². The van der Waals surface area contributed by atoms with Gasteiger partial charge in [0.15, 0.2) is 0 Å². The number of anilines is 1. The first kappa shape index (κ1) is 16.1. The molecule has 3 rings (SSSR count). The Bertz CT molecular complexity index is 742. The second-order valence-corrected chi connectivity index (χ2v) is 6.37. The highest BCUT2D eigenvalue weighted by molar-refractivity contribution is 6.08. The van der Waals surface area contributed by atoms with Crippen molar-refractivity contribution in [3.63, 3.8) is 0 Å². The van der Waals surface area contributed by atoms with E-state index in [1.165, 1.54) is 30.4 Å². The third kappa shape index (κ3) is 3.45. The molecule has 122 valence electrons. The second kappa shape index (κ2) is 7.22. The number of rotatable bonds is 6. The third-order valence-corrected chi connectivity index (χ3v) is 4.67. The van der Waals surface area contributed by atoms with Crippen LogP contribution in [0.15, 0.2) is 27.4 Å². The van der Waals surface area contributed by atoms with Gasteiger partial charge < -0.3 is 14.6 Å². The number of benzene rings is 1. The van der Waals surface area contributed by atoms with Crippen molar-refractivity contribution in [2.24, 2.45) is 0 Å². The van der Waals surface area contributed by atoms with Crippen LogP contribution in [-0.2, 0) is 12.8 Å². The molecule has 0 radical (unpaired) electrons. The van der Waals surface area contributed by atoms with Gasteiger partial charge in [-0.15, -0.1) is 0 Å². The van der Waals surface area contributed by atoms with E-state index in [1.54, 1.807) is 6.07 Å². The minimum absolute atomic E-state index is 0.250. The molecule has 2 heterocycles. The van der Waals surface area contributed by atoms with Gasteiger partial charge in [0.05, 0.1) is 0 Å². The zero-order valence-electron chi connectivity index (χ0n) is 14.2. The normalized spacial score (nSPS) is 14.2. The highest BCUT2D eigenvalue weighted by Crippen LogP contribution is 2.32. The van der Waals surface area contributed by atoms with Gasteiger partial charge in [0.25, 0.3) is 0 Å². The van der Waals surface area contributed by atoms with Gasteiger partial charge in [-0.3, -0.25) is 0 Å². The van der Waals surface area contributed by atoms with E-state index in [2.05, 4.69) is 30.2 Å². The van der Waals surface area contributed by atoms with E-state index in [4.69, 9.17) is 4.42 Å². The molecule has 0 spiro atoms. The molecule has 4 nitrogen and oxygen atoms in total. The molecule has 1 N–H and O–H groups in total. The fraction of sp³-hybridized carbons (Fsp3) is 0.500. The van der Waals surface area contributed by atoms with E-state index in [0.29, 0.717) is 0 Å². The molecule has 1 aliphatic heterocycles. The minimum Gasteiger partial charge on any atom is -0.423 e. The van der Waals surface area contributed by atoms with Gasteiger partial charge in [0.1, 0.15) is 13.4 Å². The average Bonchev–Trinajstić information content (AvgIpc) is 2.56. The van der Waals surface area contributed by atoms with Crippen molar-refractivity contribution in [1.29, 1.82) is 0 Å². The number of hydrogen-bond acceptors (Lipinski definition) is 4. The van der Waals surface area contributed by atoms with Crippen molar-refractivity contribution in [1.82, 2.24) is 5.32 Å². The molecule has 0 saturated carbocycles. The van der Waals surface area contributed by atoms with Crippen LogP contribution >= 0.6 is 0 Å². The molecule has 0 atom stereocenters. The Morgan fingerprint density at radius 3 is 3.00 bits per heavy atom. The molecule has 0 fully saturated rings. The molecular weight excluding hydrogens is 287 g/mol. The molecule has 5 heteroatoms. The standard InChI is InChI=1S/C18H25BN2O2/c1-20-7-5-13-11-18(22)23-17-12-16-14(10-15(13)17)4-2-8-21(16)9-3-6-19/h10-12,20H,2-9,19H2,1H3. The second-order valence-electron chi connectivity index (χ2n) is 6.37. The van der Waals surface area contributed by atoms with Crippen molar-refractivity contribution in [2.75, 3.05) is 31.6 Å². The summed E-state index contributed by atoms with van der Waals surface area (Å²) >= 11 is 0. The van der Waals surface area contributed by atoms with Gasteiger partial charge in [-0.05, 0) is 56.5 Å². The van der Waals surface area contributed by atoms with E-state index in [1.807, 2.05) is 7.05 Å². The van der Waals surface area contributed by atoms with Gasteiger partial charge >= 0.3 is 5.63 Å². The number of fused-ring (bicyclic) bond motifs is 2. The van der Waals surface area contributed by atoms with E-state index < -0.39 is 0 Å². The fourth-order valence-electron chi connectivity index (χ4n) is 3.43. The summed E-state index contributed by atoms with van der Waals surface area (Å²) in [6.45, 7) is 3.04. The molecule has 0 aliphatic carbocycles. The van der Waals surface area contributed by atoms with E-state index in [-0.39, 0.29) is 5.63 Å². The molecular formula is C18H25BN2O2. The molecule has 2 aromatic rings. The predicted octanol–water partition coefficient (Wildman–Crippen LogP) is 1.75. The largest absolute Gasteiger partial charge is 0.423 e. The molecule has 0 unspecified atom stereocenters. The Labute approximate surface area is 138 Å². The molecule has 1 aromatic heterocycles. The first-order chi connectivity index (χ1) is 11.2. The minimum atomic E-state index is -0.250. The van der Waals surface area contributed by atoms with E-state index in [9.17, 15) is 4.79 Å². The van der Waals surface area contributed by atoms with Crippen LogP contribution in [0.2, 0.25) is 6.32 Å². The van der Waals surface area contributed by atoms with Crippen molar-refractivity contribution in [3.8, 4) is 0 Å². The van der Waals surface area contributed by atoms with Crippen LogP contribution in [0.5, 0.6) is 0 Å². The zero-order chi connectivity index (χ0) is 16.2.